The molecule has 1 fully saturated rings. The highest BCUT2D eigenvalue weighted by atomic mass is 35.5. The van der Waals surface area contributed by atoms with Gasteiger partial charge in [-0.05, 0) is 43.4 Å². The predicted molar refractivity (Wildman–Crippen MR) is 68.0 cm³/mol. The van der Waals surface area contributed by atoms with Crippen molar-refractivity contribution in [3.63, 3.8) is 0 Å². The second-order valence-corrected chi connectivity index (χ2v) is 6.67. The molecular formula is C11H15Cl2NS. The Bertz CT molecular complexity index is 350. The first-order valence-corrected chi connectivity index (χ1v) is 6.83. The Hall–Kier alpha value is 0.240. The topological polar surface area (TPSA) is 12.0 Å². The third kappa shape index (κ3) is 2.88. The van der Waals surface area contributed by atoms with Gasteiger partial charge in [0.2, 0.25) is 0 Å². The lowest BCUT2D eigenvalue weighted by molar-refractivity contribution is 0.536. The maximum absolute atomic E-state index is 6.09. The fraction of sp³-hybridized carbons (Fsp3) is 0.636. The van der Waals surface area contributed by atoms with Crippen LogP contribution in [-0.4, -0.2) is 6.54 Å². The molecule has 1 aliphatic rings. The van der Waals surface area contributed by atoms with Crippen molar-refractivity contribution in [1.82, 2.24) is 5.32 Å². The zero-order chi connectivity index (χ0) is 11.0. The van der Waals surface area contributed by atoms with Crippen LogP contribution in [0.2, 0.25) is 8.67 Å². The fourth-order valence-corrected chi connectivity index (χ4v) is 3.42. The lowest BCUT2D eigenvalue weighted by Crippen LogP contribution is -2.21. The van der Waals surface area contributed by atoms with Crippen molar-refractivity contribution < 1.29 is 0 Å². The summed E-state index contributed by atoms with van der Waals surface area (Å²) in [6.45, 7) is 5.52. The quantitative estimate of drug-likeness (QED) is 0.851. The third-order valence-electron chi connectivity index (χ3n) is 3.11. The van der Waals surface area contributed by atoms with Gasteiger partial charge in [-0.3, -0.25) is 0 Å². The van der Waals surface area contributed by atoms with Gasteiger partial charge < -0.3 is 5.32 Å². The van der Waals surface area contributed by atoms with E-state index in [1.807, 2.05) is 6.07 Å². The molecule has 1 aliphatic carbocycles. The molecule has 0 radical (unpaired) electrons. The van der Waals surface area contributed by atoms with Crippen LogP contribution in [0.3, 0.4) is 0 Å². The van der Waals surface area contributed by atoms with Crippen molar-refractivity contribution in [1.29, 1.82) is 0 Å². The minimum atomic E-state index is 0.300. The van der Waals surface area contributed by atoms with E-state index in [0.717, 1.165) is 32.6 Å². The normalized spacial score (nSPS) is 26.7. The Morgan fingerprint density at radius 3 is 2.73 bits per heavy atom. The lowest BCUT2D eigenvalue weighted by Gasteiger charge is -2.12. The Morgan fingerprint density at radius 2 is 2.27 bits per heavy atom. The van der Waals surface area contributed by atoms with Crippen molar-refractivity contribution in [3.8, 4) is 0 Å². The van der Waals surface area contributed by atoms with Gasteiger partial charge in [0.05, 0.1) is 8.67 Å². The number of hydrogen-bond acceptors (Lipinski definition) is 2. The van der Waals surface area contributed by atoms with Crippen LogP contribution in [0.4, 0.5) is 0 Å². The molecule has 3 unspecified atom stereocenters. The summed E-state index contributed by atoms with van der Waals surface area (Å²) in [6.07, 6.45) is 1.36. The summed E-state index contributed by atoms with van der Waals surface area (Å²) in [6, 6.07) is 2.26. The number of thiophene rings is 1. The Morgan fingerprint density at radius 1 is 1.60 bits per heavy atom. The molecule has 1 aromatic rings. The van der Waals surface area contributed by atoms with E-state index in [2.05, 4.69) is 19.2 Å². The molecule has 84 valence electrons. The fourth-order valence-electron chi connectivity index (χ4n) is 1.77. The van der Waals surface area contributed by atoms with Crippen molar-refractivity contribution in [2.75, 3.05) is 6.54 Å². The summed E-state index contributed by atoms with van der Waals surface area (Å²) in [5, 5.41) is 3.51. The second kappa shape index (κ2) is 4.62. The van der Waals surface area contributed by atoms with Gasteiger partial charge in [-0.1, -0.05) is 30.1 Å². The number of hydrogen-bond donors (Lipinski definition) is 1. The van der Waals surface area contributed by atoms with E-state index in [4.69, 9.17) is 23.2 Å². The number of rotatable bonds is 4. The van der Waals surface area contributed by atoms with E-state index >= 15 is 0 Å². The molecular weight excluding hydrogens is 249 g/mol. The van der Waals surface area contributed by atoms with Gasteiger partial charge in [0.15, 0.2) is 0 Å². The molecule has 0 bridgehead atoms. The number of halogens is 2. The molecule has 0 aliphatic heterocycles. The minimum Gasteiger partial charge on any atom is -0.310 e. The van der Waals surface area contributed by atoms with Crippen LogP contribution in [0.5, 0.6) is 0 Å². The van der Waals surface area contributed by atoms with Gasteiger partial charge in [0.1, 0.15) is 0 Å². The standard InChI is InChI=1S/C11H15Cl2NS/c1-6-3-8(6)5-14-7(2)9-4-10(12)15-11(9)13/h4,6-8,14H,3,5H2,1-2H3. The molecule has 1 heterocycles. The molecule has 4 heteroatoms. The van der Waals surface area contributed by atoms with E-state index < -0.39 is 0 Å². The zero-order valence-electron chi connectivity index (χ0n) is 8.89. The highest BCUT2D eigenvalue weighted by Gasteiger charge is 2.32. The van der Waals surface area contributed by atoms with Gasteiger partial charge in [-0.25, -0.2) is 0 Å². The van der Waals surface area contributed by atoms with Crippen LogP contribution in [0, 0.1) is 11.8 Å². The Labute approximate surface area is 105 Å². The molecule has 2 rings (SSSR count). The van der Waals surface area contributed by atoms with E-state index in [1.54, 1.807) is 0 Å². The van der Waals surface area contributed by atoms with Crippen LogP contribution in [0.1, 0.15) is 31.9 Å². The molecule has 1 nitrogen and oxygen atoms in total. The van der Waals surface area contributed by atoms with Crippen LogP contribution in [-0.2, 0) is 0 Å². The van der Waals surface area contributed by atoms with E-state index in [9.17, 15) is 0 Å². The molecule has 0 saturated heterocycles. The van der Waals surface area contributed by atoms with Gasteiger partial charge >= 0.3 is 0 Å². The largest absolute Gasteiger partial charge is 0.310 e. The predicted octanol–water partition coefficient (Wildman–Crippen LogP) is 4.36. The average molecular weight is 264 g/mol. The third-order valence-corrected chi connectivity index (χ3v) is 4.63. The van der Waals surface area contributed by atoms with Gasteiger partial charge in [0, 0.05) is 6.04 Å². The van der Waals surface area contributed by atoms with E-state index in [-0.39, 0.29) is 0 Å². The maximum atomic E-state index is 6.09. The monoisotopic (exact) mass is 263 g/mol. The number of nitrogens with one attached hydrogen (secondary N) is 1. The van der Waals surface area contributed by atoms with Crippen LogP contribution < -0.4 is 5.32 Å². The van der Waals surface area contributed by atoms with Crippen LogP contribution in [0.15, 0.2) is 6.07 Å². The molecule has 1 aromatic heterocycles. The minimum absolute atomic E-state index is 0.300. The van der Waals surface area contributed by atoms with Gasteiger partial charge in [-0.15, -0.1) is 11.3 Å². The molecule has 0 spiro atoms. The summed E-state index contributed by atoms with van der Waals surface area (Å²) < 4.78 is 1.58. The molecule has 1 N–H and O–H groups in total. The first-order chi connectivity index (χ1) is 7.08. The smallest absolute Gasteiger partial charge is 0.0991 e. The Balaban J connectivity index is 1.89. The second-order valence-electron chi connectivity index (χ2n) is 4.38. The van der Waals surface area contributed by atoms with E-state index in [1.165, 1.54) is 17.8 Å². The summed E-state index contributed by atoms with van der Waals surface area (Å²) in [5.41, 5.74) is 1.12. The van der Waals surface area contributed by atoms with Crippen LogP contribution >= 0.6 is 34.5 Å². The van der Waals surface area contributed by atoms with E-state index in [0.29, 0.717) is 6.04 Å². The highest BCUT2D eigenvalue weighted by Crippen LogP contribution is 2.38. The first-order valence-electron chi connectivity index (χ1n) is 5.26. The maximum Gasteiger partial charge on any atom is 0.0991 e. The highest BCUT2D eigenvalue weighted by molar-refractivity contribution is 7.20. The van der Waals surface area contributed by atoms with Crippen LogP contribution in [0.25, 0.3) is 0 Å². The summed E-state index contributed by atoms with van der Waals surface area (Å²) in [4.78, 5) is 0. The summed E-state index contributed by atoms with van der Waals surface area (Å²) >= 11 is 13.4. The van der Waals surface area contributed by atoms with Crippen molar-refractivity contribution in [3.05, 3.63) is 20.3 Å². The summed E-state index contributed by atoms with van der Waals surface area (Å²) in [7, 11) is 0. The molecule has 0 amide bonds. The zero-order valence-corrected chi connectivity index (χ0v) is 11.2. The van der Waals surface area contributed by atoms with Crippen molar-refractivity contribution >= 4 is 34.5 Å². The first kappa shape index (κ1) is 11.7. The van der Waals surface area contributed by atoms with Gasteiger partial charge in [0.25, 0.3) is 0 Å². The van der Waals surface area contributed by atoms with Crippen molar-refractivity contribution in [2.45, 2.75) is 26.3 Å². The van der Waals surface area contributed by atoms with Gasteiger partial charge in [-0.2, -0.15) is 0 Å². The SMILES string of the molecule is CC(NCC1CC1C)c1cc(Cl)sc1Cl. The average Bonchev–Trinajstić information content (AvgIpc) is 2.76. The molecule has 0 aromatic carbocycles. The van der Waals surface area contributed by atoms with Crippen molar-refractivity contribution in [2.24, 2.45) is 11.8 Å². The lowest BCUT2D eigenvalue weighted by atomic mass is 10.2. The molecule has 1 saturated carbocycles. The molecule has 15 heavy (non-hydrogen) atoms. The Kier molecular flexibility index (Phi) is 3.61. The molecule has 3 atom stereocenters. The summed E-state index contributed by atoms with van der Waals surface area (Å²) in [5.74, 6) is 1.76.